The molecule has 2 N–H and O–H groups in total. The number of aldehydes is 1. The van der Waals surface area contributed by atoms with Crippen LogP contribution in [-0.4, -0.2) is 74.4 Å². The molecule has 2 aromatic rings. The summed E-state index contributed by atoms with van der Waals surface area (Å²) in [5, 5.41) is 12.3. The number of carboxylic acids is 1. The minimum absolute atomic E-state index is 0.0228. The Balaban J connectivity index is 1.70. The number of para-hydroxylation sites is 1. The summed E-state index contributed by atoms with van der Waals surface area (Å²) in [5.41, 5.74) is 3.79. The number of nitrogens with zero attached hydrogens (tertiary/aromatic N) is 3. The van der Waals surface area contributed by atoms with Crippen molar-refractivity contribution < 1.29 is 24.2 Å². The maximum Gasteiger partial charge on any atom is 0.305 e. The van der Waals surface area contributed by atoms with Crippen LogP contribution in [0.4, 0.5) is 11.4 Å². The number of carbonyl (C=O) groups excluding carboxylic acids is 2. The lowest BCUT2D eigenvalue weighted by Crippen LogP contribution is -2.38. The van der Waals surface area contributed by atoms with Gasteiger partial charge in [0.2, 0.25) is 5.91 Å². The number of carbonyl (C=O) groups is 3. The molecule has 9 nitrogen and oxygen atoms in total. The molecule has 0 radical (unpaired) electrons. The number of aryl methyl sites for hydroxylation is 1. The van der Waals surface area contributed by atoms with E-state index in [1.165, 1.54) is 6.34 Å². The summed E-state index contributed by atoms with van der Waals surface area (Å²) < 4.78 is 5.43. The number of hydrogen-bond donors (Lipinski definition) is 2. The second kappa shape index (κ2) is 11.9. The summed E-state index contributed by atoms with van der Waals surface area (Å²) in [4.78, 5) is 43.4. The Labute approximate surface area is 199 Å². The maximum absolute atomic E-state index is 12.7. The highest BCUT2D eigenvalue weighted by Gasteiger charge is 2.21. The van der Waals surface area contributed by atoms with Crippen LogP contribution in [0, 0.1) is 6.92 Å². The second-order valence-electron chi connectivity index (χ2n) is 8.20. The highest BCUT2D eigenvalue weighted by molar-refractivity contribution is 5.85. The standard InChI is InChI=1S/C25H30N4O5/c1-18-7-8-19(13-23(18)29-9-11-34-12-10-29)22(14-25(32)33)27-24(31)15-28(2)17-26-21-6-4-3-5-20(21)16-30/h3-8,13,16-17,22H,9-12,14-15H2,1-2H3,(H,27,31)(H,32,33). The third-order valence-electron chi connectivity index (χ3n) is 5.55. The highest BCUT2D eigenvalue weighted by atomic mass is 16.5. The lowest BCUT2D eigenvalue weighted by Gasteiger charge is -2.31. The Kier molecular flexibility index (Phi) is 8.75. The fraction of sp³-hybridized carbons (Fsp3) is 0.360. The SMILES string of the molecule is Cc1ccc(C(CC(=O)O)NC(=O)CN(C)C=Nc2ccccc2C=O)cc1N1CCOCC1. The van der Waals surface area contributed by atoms with Crippen molar-refractivity contribution in [1.82, 2.24) is 10.2 Å². The number of likely N-dealkylation sites (N-methyl/N-ethyl adjacent to an activating group) is 1. The molecule has 0 spiro atoms. The predicted octanol–water partition coefficient (Wildman–Crippen LogP) is 2.57. The molecule has 1 aliphatic heterocycles. The van der Waals surface area contributed by atoms with Gasteiger partial charge in [-0.25, -0.2) is 4.99 Å². The van der Waals surface area contributed by atoms with Crippen molar-refractivity contribution >= 4 is 35.9 Å². The van der Waals surface area contributed by atoms with Crippen molar-refractivity contribution in [3.8, 4) is 0 Å². The largest absolute Gasteiger partial charge is 0.481 e. The summed E-state index contributed by atoms with van der Waals surface area (Å²) in [6.07, 6.45) is 1.96. The van der Waals surface area contributed by atoms with Gasteiger partial charge in [-0.3, -0.25) is 14.4 Å². The van der Waals surface area contributed by atoms with Crippen molar-refractivity contribution in [3.05, 3.63) is 59.2 Å². The number of rotatable bonds is 10. The average molecular weight is 467 g/mol. The number of anilines is 1. The number of amides is 1. The first kappa shape index (κ1) is 24.9. The summed E-state index contributed by atoms with van der Waals surface area (Å²) >= 11 is 0. The van der Waals surface area contributed by atoms with Crippen molar-refractivity contribution in [2.24, 2.45) is 4.99 Å². The normalized spacial score (nSPS) is 14.6. The molecular weight excluding hydrogens is 436 g/mol. The molecule has 0 aromatic heterocycles. The minimum atomic E-state index is -1.00. The molecular formula is C25H30N4O5. The van der Waals surface area contributed by atoms with E-state index >= 15 is 0 Å². The molecule has 9 heteroatoms. The van der Waals surface area contributed by atoms with Crippen LogP contribution in [0.3, 0.4) is 0 Å². The maximum atomic E-state index is 12.7. The Morgan fingerprint density at radius 1 is 1.24 bits per heavy atom. The van der Waals surface area contributed by atoms with Gasteiger partial charge >= 0.3 is 5.97 Å². The lowest BCUT2D eigenvalue weighted by atomic mass is 10.00. The summed E-state index contributed by atoms with van der Waals surface area (Å²) in [7, 11) is 1.68. The number of aliphatic imine (C=N–C) groups is 1. The fourth-order valence-corrected chi connectivity index (χ4v) is 3.79. The van der Waals surface area contributed by atoms with Gasteiger partial charge in [0.15, 0.2) is 6.29 Å². The number of ether oxygens (including phenoxy) is 1. The number of nitrogens with one attached hydrogen (secondary N) is 1. The Morgan fingerprint density at radius 3 is 2.68 bits per heavy atom. The van der Waals surface area contributed by atoms with E-state index in [4.69, 9.17) is 4.74 Å². The van der Waals surface area contributed by atoms with Crippen LogP contribution in [0.15, 0.2) is 47.5 Å². The van der Waals surface area contributed by atoms with Crippen LogP contribution < -0.4 is 10.2 Å². The van der Waals surface area contributed by atoms with E-state index in [1.54, 1.807) is 36.2 Å². The molecule has 1 unspecified atom stereocenters. The van der Waals surface area contributed by atoms with E-state index < -0.39 is 12.0 Å². The molecule has 1 heterocycles. The molecule has 180 valence electrons. The molecule has 1 saturated heterocycles. The van der Waals surface area contributed by atoms with Crippen LogP contribution in [0.2, 0.25) is 0 Å². The zero-order chi connectivity index (χ0) is 24.5. The fourth-order valence-electron chi connectivity index (χ4n) is 3.79. The third-order valence-corrected chi connectivity index (χ3v) is 5.55. The molecule has 0 aliphatic carbocycles. The molecule has 1 amide bonds. The van der Waals surface area contributed by atoms with Gasteiger partial charge in [-0.2, -0.15) is 0 Å². The van der Waals surface area contributed by atoms with Crippen LogP contribution >= 0.6 is 0 Å². The van der Waals surface area contributed by atoms with Crippen molar-refractivity contribution in [2.75, 3.05) is 44.8 Å². The monoisotopic (exact) mass is 466 g/mol. The van der Waals surface area contributed by atoms with E-state index in [1.807, 2.05) is 25.1 Å². The molecule has 34 heavy (non-hydrogen) atoms. The lowest BCUT2D eigenvalue weighted by molar-refractivity contribution is -0.137. The van der Waals surface area contributed by atoms with E-state index in [0.29, 0.717) is 24.5 Å². The Morgan fingerprint density at radius 2 is 1.97 bits per heavy atom. The van der Waals surface area contributed by atoms with Crippen LogP contribution in [0.5, 0.6) is 0 Å². The third kappa shape index (κ3) is 6.89. The van der Waals surface area contributed by atoms with E-state index in [0.717, 1.165) is 36.2 Å². The summed E-state index contributed by atoms with van der Waals surface area (Å²) in [6, 6.07) is 12.0. The summed E-state index contributed by atoms with van der Waals surface area (Å²) in [5.74, 6) is -1.34. The number of aliphatic carboxylic acids is 1. The molecule has 1 aliphatic rings. The van der Waals surface area contributed by atoms with Gasteiger partial charge in [0, 0.05) is 31.4 Å². The van der Waals surface area contributed by atoms with Crippen LogP contribution in [-0.2, 0) is 14.3 Å². The molecule has 0 saturated carbocycles. The van der Waals surface area contributed by atoms with Gasteiger partial charge in [0.1, 0.15) is 0 Å². The molecule has 1 atom stereocenters. The Bertz CT molecular complexity index is 1050. The molecule has 1 fully saturated rings. The molecule has 3 rings (SSSR count). The predicted molar refractivity (Wildman–Crippen MR) is 130 cm³/mol. The van der Waals surface area contributed by atoms with Gasteiger partial charge in [-0.05, 0) is 36.2 Å². The van der Waals surface area contributed by atoms with Crippen LogP contribution in [0.1, 0.15) is 33.9 Å². The molecule has 2 aromatic carbocycles. The van der Waals surface area contributed by atoms with Gasteiger partial charge in [0.05, 0.1) is 44.2 Å². The van der Waals surface area contributed by atoms with E-state index in [2.05, 4.69) is 15.2 Å². The van der Waals surface area contributed by atoms with Crippen molar-refractivity contribution in [3.63, 3.8) is 0 Å². The van der Waals surface area contributed by atoms with Gasteiger partial charge in [-0.15, -0.1) is 0 Å². The summed E-state index contributed by atoms with van der Waals surface area (Å²) in [6.45, 7) is 4.80. The van der Waals surface area contributed by atoms with Crippen LogP contribution in [0.25, 0.3) is 0 Å². The zero-order valence-corrected chi connectivity index (χ0v) is 19.4. The zero-order valence-electron chi connectivity index (χ0n) is 19.4. The van der Waals surface area contributed by atoms with Gasteiger partial charge in [-0.1, -0.05) is 24.3 Å². The first-order valence-electron chi connectivity index (χ1n) is 11.1. The van der Waals surface area contributed by atoms with E-state index in [-0.39, 0.29) is 18.9 Å². The molecule has 0 bridgehead atoms. The van der Waals surface area contributed by atoms with Gasteiger partial charge < -0.3 is 25.0 Å². The quantitative estimate of drug-likeness (QED) is 0.314. The highest BCUT2D eigenvalue weighted by Crippen LogP contribution is 2.27. The number of hydrogen-bond acceptors (Lipinski definition) is 6. The first-order valence-corrected chi connectivity index (χ1v) is 11.1. The van der Waals surface area contributed by atoms with E-state index in [9.17, 15) is 19.5 Å². The Hall–Kier alpha value is -3.72. The number of carboxylic acid groups (broad SMARTS) is 1. The average Bonchev–Trinajstić information content (AvgIpc) is 2.83. The second-order valence-corrected chi connectivity index (χ2v) is 8.20. The topological polar surface area (TPSA) is 112 Å². The van der Waals surface area contributed by atoms with Crippen molar-refractivity contribution in [2.45, 2.75) is 19.4 Å². The minimum Gasteiger partial charge on any atom is -0.481 e. The number of morpholine rings is 1. The smallest absolute Gasteiger partial charge is 0.305 e. The van der Waals surface area contributed by atoms with Gasteiger partial charge in [0.25, 0.3) is 0 Å². The van der Waals surface area contributed by atoms with Crippen molar-refractivity contribution in [1.29, 1.82) is 0 Å². The number of benzene rings is 2. The first-order chi connectivity index (χ1) is 16.4.